The van der Waals surface area contributed by atoms with Gasteiger partial charge in [0, 0.05) is 19.7 Å². The van der Waals surface area contributed by atoms with Crippen molar-refractivity contribution in [2.75, 3.05) is 19.7 Å². The van der Waals surface area contributed by atoms with Gasteiger partial charge in [-0.2, -0.15) is 5.26 Å². The van der Waals surface area contributed by atoms with E-state index in [-0.39, 0.29) is 13.1 Å². The normalized spacial score (nSPS) is 17.3. The Morgan fingerprint density at radius 3 is 2.56 bits per heavy atom. The molecular weight excluding hydrogens is 320 g/mol. The number of carbonyl (C=O) groups is 1. The Morgan fingerprint density at radius 1 is 1.36 bits per heavy atom. The summed E-state index contributed by atoms with van der Waals surface area (Å²) in [6.07, 6.45) is -0.944. The molecule has 1 fully saturated rings. The zero-order valence-corrected chi connectivity index (χ0v) is 15.1. The molecule has 2 rings (SSSR count). The van der Waals surface area contributed by atoms with E-state index in [0.29, 0.717) is 19.6 Å². The van der Waals surface area contributed by atoms with Crippen LogP contribution in [0.4, 0.5) is 4.79 Å². The van der Waals surface area contributed by atoms with Crippen LogP contribution in [0.25, 0.3) is 0 Å². The number of benzene rings is 1. The quantitative estimate of drug-likeness (QED) is 0.801. The third-order valence-corrected chi connectivity index (χ3v) is 4.11. The lowest BCUT2D eigenvalue weighted by molar-refractivity contribution is -0.0721. The van der Waals surface area contributed by atoms with Gasteiger partial charge in [0.2, 0.25) is 0 Å². The lowest BCUT2D eigenvalue weighted by atomic mass is 9.75. The Morgan fingerprint density at radius 2 is 2.00 bits per heavy atom. The van der Waals surface area contributed by atoms with E-state index < -0.39 is 23.2 Å². The summed E-state index contributed by atoms with van der Waals surface area (Å²) in [7, 11) is 0. The van der Waals surface area contributed by atoms with Crippen LogP contribution in [-0.2, 0) is 16.1 Å². The molecule has 1 N–H and O–H groups in total. The maximum absolute atomic E-state index is 12.0. The van der Waals surface area contributed by atoms with Gasteiger partial charge in [0.25, 0.3) is 0 Å². The van der Waals surface area contributed by atoms with Crippen LogP contribution in [0.15, 0.2) is 30.3 Å². The molecule has 0 saturated carbocycles. The number of aliphatic hydroxyl groups excluding tert-OH is 1. The molecule has 0 bridgehead atoms. The second kappa shape index (κ2) is 7.85. The SMILES string of the molecule is CC(C)(C)OC(=O)N1CC(C#N)(C(O)CCOCc2ccccc2)C1. The van der Waals surface area contributed by atoms with Crippen LogP contribution in [0, 0.1) is 16.7 Å². The Kier molecular flexibility index (Phi) is 6.04. The van der Waals surface area contributed by atoms with Gasteiger partial charge in [-0.1, -0.05) is 30.3 Å². The van der Waals surface area contributed by atoms with Crippen LogP contribution in [-0.4, -0.2) is 47.5 Å². The van der Waals surface area contributed by atoms with Gasteiger partial charge in [-0.15, -0.1) is 0 Å². The summed E-state index contributed by atoms with van der Waals surface area (Å²) < 4.78 is 10.8. The molecule has 0 aromatic heterocycles. The lowest BCUT2D eigenvalue weighted by Gasteiger charge is -2.47. The van der Waals surface area contributed by atoms with E-state index in [0.717, 1.165) is 5.56 Å². The highest BCUT2D eigenvalue weighted by molar-refractivity contribution is 5.69. The molecule has 1 aromatic carbocycles. The molecule has 1 saturated heterocycles. The molecule has 1 unspecified atom stereocenters. The van der Waals surface area contributed by atoms with Crippen molar-refractivity contribution < 1.29 is 19.4 Å². The zero-order chi connectivity index (χ0) is 18.5. The number of amides is 1. The first-order chi connectivity index (χ1) is 11.8. The standard InChI is InChI=1S/C19H26N2O4/c1-18(2,3)25-17(23)21-13-19(12-20,14-21)16(22)9-10-24-11-15-7-5-4-6-8-15/h4-8,16,22H,9-11,13-14H2,1-3H3. The van der Waals surface area contributed by atoms with Crippen molar-refractivity contribution in [3.05, 3.63) is 35.9 Å². The molecule has 0 spiro atoms. The van der Waals surface area contributed by atoms with Crippen LogP contribution in [0.3, 0.4) is 0 Å². The monoisotopic (exact) mass is 346 g/mol. The van der Waals surface area contributed by atoms with Crippen LogP contribution in [0.5, 0.6) is 0 Å². The van der Waals surface area contributed by atoms with Crippen molar-refractivity contribution in [2.45, 2.75) is 45.5 Å². The Balaban J connectivity index is 1.75. The van der Waals surface area contributed by atoms with Crippen molar-refractivity contribution in [3.63, 3.8) is 0 Å². The summed E-state index contributed by atoms with van der Waals surface area (Å²) in [5.74, 6) is 0. The Labute approximate surface area is 149 Å². The van der Waals surface area contributed by atoms with Crippen molar-refractivity contribution in [3.8, 4) is 6.07 Å². The summed E-state index contributed by atoms with van der Waals surface area (Å²) in [6, 6.07) is 11.9. The van der Waals surface area contributed by atoms with Gasteiger partial charge in [-0.05, 0) is 32.8 Å². The maximum Gasteiger partial charge on any atom is 0.410 e. The van der Waals surface area contributed by atoms with Crippen molar-refractivity contribution in [1.29, 1.82) is 5.26 Å². The zero-order valence-electron chi connectivity index (χ0n) is 15.1. The number of aliphatic hydroxyl groups is 1. The highest BCUT2D eigenvalue weighted by atomic mass is 16.6. The fraction of sp³-hybridized carbons (Fsp3) is 0.579. The fourth-order valence-electron chi connectivity index (χ4n) is 2.68. The largest absolute Gasteiger partial charge is 0.444 e. The second-order valence-electron chi connectivity index (χ2n) is 7.45. The van der Waals surface area contributed by atoms with Crippen molar-refractivity contribution in [1.82, 2.24) is 4.90 Å². The smallest absolute Gasteiger partial charge is 0.410 e. The molecule has 0 radical (unpaired) electrons. The summed E-state index contributed by atoms with van der Waals surface area (Å²) in [6.45, 7) is 6.56. The van der Waals surface area contributed by atoms with Gasteiger partial charge in [-0.25, -0.2) is 4.79 Å². The first kappa shape index (κ1) is 19.2. The number of carbonyl (C=O) groups excluding carboxylic acids is 1. The van der Waals surface area contributed by atoms with E-state index in [1.165, 1.54) is 4.90 Å². The minimum absolute atomic E-state index is 0.179. The topological polar surface area (TPSA) is 82.8 Å². The molecule has 1 heterocycles. The number of likely N-dealkylation sites (tertiary alicyclic amines) is 1. The van der Waals surface area contributed by atoms with E-state index in [4.69, 9.17) is 9.47 Å². The van der Waals surface area contributed by atoms with Crippen LogP contribution < -0.4 is 0 Å². The van der Waals surface area contributed by atoms with Crippen molar-refractivity contribution >= 4 is 6.09 Å². The second-order valence-corrected chi connectivity index (χ2v) is 7.45. The summed E-state index contributed by atoms with van der Waals surface area (Å²) >= 11 is 0. The average molecular weight is 346 g/mol. The number of hydrogen-bond donors (Lipinski definition) is 1. The first-order valence-electron chi connectivity index (χ1n) is 8.45. The predicted molar refractivity (Wildman–Crippen MR) is 92.6 cm³/mol. The van der Waals surface area contributed by atoms with E-state index in [1.54, 1.807) is 20.8 Å². The molecule has 6 nitrogen and oxygen atoms in total. The number of hydrogen-bond acceptors (Lipinski definition) is 5. The highest BCUT2D eigenvalue weighted by Gasteiger charge is 2.51. The number of nitriles is 1. The molecular formula is C19H26N2O4. The van der Waals surface area contributed by atoms with Crippen molar-refractivity contribution in [2.24, 2.45) is 5.41 Å². The maximum atomic E-state index is 12.0. The third kappa shape index (κ3) is 5.18. The minimum Gasteiger partial charge on any atom is -0.444 e. The Hall–Kier alpha value is -2.10. The summed E-state index contributed by atoms with van der Waals surface area (Å²) in [4.78, 5) is 13.4. The van der Waals surface area contributed by atoms with E-state index in [9.17, 15) is 15.2 Å². The van der Waals surface area contributed by atoms with Crippen LogP contribution in [0.2, 0.25) is 0 Å². The number of ether oxygens (including phenoxy) is 2. The van der Waals surface area contributed by atoms with E-state index in [2.05, 4.69) is 6.07 Å². The number of rotatable bonds is 6. The Bertz CT molecular complexity index is 613. The molecule has 25 heavy (non-hydrogen) atoms. The summed E-state index contributed by atoms with van der Waals surface area (Å²) in [5, 5.41) is 19.8. The van der Waals surface area contributed by atoms with E-state index in [1.807, 2.05) is 30.3 Å². The first-order valence-corrected chi connectivity index (χ1v) is 8.45. The van der Waals surface area contributed by atoms with Gasteiger partial charge in [-0.3, -0.25) is 0 Å². The van der Waals surface area contributed by atoms with Gasteiger partial charge < -0.3 is 19.5 Å². The number of nitrogens with zero attached hydrogens (tertiary/aromatic N) is 2. The lowest BCUT2D eigenvalue weighted by Crippen LogP contribution is -2.63. The third-order valence-electron chi connectivity index (χ3n) is 4.11. The van der Waals surface area contributed by atoms with Gasteiger partial charge in [0.1, 0.15) is 11.0 Å². The van der Waals surface area contributed by atoms with Gasteiger partial charge in [0.05, 0.1) is 18.8 Å². The van der Waals surface area contributed by atoms with Crippen LogP contribution >= 0.6 is 0 Å². The predicted octanol–water partition coefficient (Wildman–Crippen LogP) is 2.71. The molecule has 1 aliphatic rings. The van der Waals surface area contributed by atoms with Crippen LogP contribution in [0.1, 0.15) is 32.8 Å². The molecule has 1 aliphatic heterocycles. The molecule has 6 heteroatoms. The summed E-state index contributed by atoms with van der Waals surface area (Å²) in [5.41, 5.74) is -0.453. The molecule has 1 aromatic rings. The fourth-order valence-corrected chi connectivity index (χ4v) is 2.68. The van der Waals surface area contributed by atoms with Gasteiger partial charge >= 0.3 is 6.09 Å². The van der Waals surface area contributed by atoms with Gasteiger partial charge in [0.15, 0.2) is 0 Å². The average Bonchev–Trinajstić information content (AvgIpc) is 2.50. The molecule has 0 aliphatic carbocycles. The molecule has 1 amide bonds. The highest BCUT2D eigenvalue weighted by Crippen LogP contribution is 2.35. The molecule has 1 atom stereocenters. The van der Waals surface area contributed by atoms with E-state index >= 15 is 0 Å². The minimum atomic E-state index is -0.937. The molecule has 136 valence electrons.